The molecule has 3 aromatic heterocycles. The zero-order valence-corrected chi connectivity index (χ0v) is 21.0. The van der Waals surface area contributed by atoms with Gasteiger partial charge in [0.2, 0.25) is 5.82 Å². The fourth-order valence-electron chi connectivity index (χ4n) is 4.06. The molecule has 1 unspecified atom stereocenters. The molecular weight excluding hydrogens is 478 g/mol. The number of carbonyl (C=O) groups is 2. The highest BCUT2D eigenvalue weighted by Gasteiger charge is 2.28. The number of fused-ring (bicyclic) bond motifs is 1. The van der Waals surface area contributed by atoms with Crippen molar-refractivity contribution < 1.29 is 14.3 Å². The molecule has 0 fully saturated rings. The molecule has 0 saturated heterocycles. The number of anilines is 1. The number of aromatic nitrogens is 6. The number of thiophene rings is 1. The molecule has 0 aliphatic heterocycles. The van der Waals surface area contributed by atoms with E-state index in [2.05, 4.69) is 25.8 Å². The van der Waals surface area contributed by atoms with E-state index in [0.717, 1.165) is 48.1 Å². The van der Waals surface area contributed by atoms with Crippen LogP contribution in [0, 0.1) is 0 Å². The topological polar surface area (TPSA) is 117 Å². The van der Waals surface area contributed by atoms with Crippen LogP contribution in [0.1, 0.15) is 64.4 Å². The molecule has 1 aliphatic rings. The average molecular weight is 506 g/mol. The maximum atomic E-state index is 13.1. The molecular formula is C25H27N7O3S. The molecule has 3 heterocycles. The first-order chi connectivity index (χ1) is 17.5. The lowest BCUT2D eigenvalue weighted by Crippen LogP contribution is -2.19. The van der Waals surface area contributed by atoms with E-state index in [1.54, 1.807) is 16.9 Å². The summed E-state index contributed by atoms with van der Waals surface area (Å²) >= 11 is 1.46. The Morgan fingerprint density at radius 1 is 1.14 bits per heavy atom. The molecule has 10 nitrogen and oxygen atoms in total. The number of amides is 1. The van der Waals surface area contributed by atoms with Gasteiger partial charge in [0.15, 0.2) is 12.4 Å². The highest BCUT2D eigenvalue weighted by molar-refractivity contribution is 7.17. The van der Waals surface area contributed by atoms with Gasteiger partial charge in [-0.2, -0.15) is 5.10 Å². The van der Waals surface area contributed by atoms with Crippen molar-refractivity contribution in [1.82, 2.24) is 30.0 Å². The first-order valence-corrected chi connectivity index (χ1v) is 12.9. The summed E-state index contributed by atoms with van der Waals surface area (Å²) in [7, 11) is 0. The Kier molecular flexibility index (Phi) is 6.90. The standard InChI is InChI=1S/C25H27N7O3S/c1-3-16(2)35-25(34)21-18-11-7-8-12-20(18)36-24(21)26-23(33)19-13-14-31(28-19)15-32-29-22(27-30-32)17-9-5-4-6-10-17/h4-6,9-10,13-14,16H,3,7-8,11-12,15H2,1-2H3,(H,26,33). The van der Waals surface area contributed by atoms with Gasteiger partial charge in [0.25, 0.3) is 5.91 Å². The molecule has 5 rings (SSSR count). The number of hydrogen-bond acceptors (Lipinski definition) is 8. The Morgan fingerprint density at radius 2 is 1.94 bits per heavy atom. The van der Waals surface area contributed by atoms with Gasteiger partial charge in [0, 0.05) is 16.6 Å². The largest absolute Gasteiger partial charge is 0.459 e. The highest BCUT2D eigenvalue weighted by atomic mass is 32.1. The number of esters is 1. The predicted octanol–water partition coefficient (Wildman–Crippen LogP) is 4.19. The van der Waals surface area contributed by atoms with Gasteiger partial charge in [-0.25, -0.2) is 9.48 Å². The van der Waals surface area contributed by atoms with E-state index in [-0.39, 0.29) is 30.3 Å². The van der Waals surface area contributed by atoms with Gasteiger partial charge in [0.1, 0.15) is 5.00 Å². The molecule has 1 aliphatic carbocycles. The van der Waals surface area contributed by atoms with E-state index in [1.165, 1.54) is 16.1 Å². The summed E-state index contributed by atoms with van der Waals surface area (Å²) in [6.07, 6.45) is 6.04. The van der Waals surface area contributed by atoms with Crippen LogP contribution in [0.2, 0.25) is 0 Å². The van der Waals surface area contributed by atoms with Crippen LogP contribution in [-0.2, 0) is 24.2 Å². The van der Waals surface area contributed by atoms with E-state index in [4.69, 9.17) is 4.74 Å². The van der Waals surface area contributed by atoms with E-state index < -0.39 is 0 Å². The van der Waals surface area contributed by atoms with E-state index in [0.29, 0.717) is 16.4 Å². The minimum atomic E-state index is -0.388. The Balaban J connectivity index is 1.31. The summed E-state index contributed by atoms with van der Waals surface area (Å²) in [5, 5.41) is 20.3. The molecule has 11 heteroatoms. The lowest BCUT2D eigenvalue weighted by Gasteiger charge is -2.15. The molecule has 1 amide bonds. The molecule has 36 heavy (non-hydrogen) atoms. The third kappa shape index (κ3) is 5.06. The lowest BCUT2D eigenvalue weighted by atomic mass is 9.95. The third-order valence-corrected chi connectivity index (χ3v) is 7.32. The van der Waals surface area contributed by atoms with Gasteiger partial charge in [0.05, 0.1) is 11.7 Å². The molecule has 1 atom stereocenters. The minimum absolute atomic E-state index is 0.191. The van der Waals surface area contributed by atoms with Gasteiger partial charge in [-0.05, 0) is 55.9 Å². The number of benzene rings is 1. The number of nitrogens with zero attached hydrogens (tertiary/aromatic N) is 6. The van der Waals surface area contributed by atoms with Crippen LogP contribution in [0.25, 0.3) is 11.4 Å². The third-order valence-electron chi connectivity index (χ3n) is 6.12. The van der Waals surface area contributed by atoms with Gasteiger partial charge in [-0.1, -0.05) is 37.3 Å². The molecule has 1 N–H and O–H groups in total. The number of nitrogens with one attached hydrogen (secondary N) is 1. The normalized spacial score (nSPS) is 13.7. The average Bonchev–Trinajstić information content (AvgIpc) is 3.63. The van der Waals surface area contributed by atoms with Crippen LogP contribution >= 0.6 is 11.3 Å². The van der Waals surface area contributed by atoms with Crippen molar-refractivity contribution in [3.8, 4) is 11.4 Å². The monoisotopic (exact) mass is 505 g/mol. The van der Waals surface area contributed by atoms with E-state index in [1.807, 2.05) is 44.2 Å². The number of carbonyl (C=O) groups excluding carboxylic acids is 2. The zero-order chi connectivity index (χ0) is 25.1. The van der Waals surface area contributed by atoms with Crippen LogP contribution in [0.15, 0.2) is 42.6 Å². The summed E-state index contributed by atoms with van der Waals surface area (Å²) < 4.78 is 7.17. The number of ether oxygens (including phenoxy) is 1. The van der Waals surface area contributed by atoms with Crippen LogP contribution in [0.4, 0.5) is 5.00 Å². The van der Waals surface area contributed by atoms with Crippen LogP contribution < -0.4 is 5.32 Å². The number of rotatable bonds is 8. The Morgan fingerprint density at radius 3 is 2.75 bits per heavy atom. The molecule has 0 bridgehead atoms. The predicted molar refractivity (Wildman–Crippen MR) is 135 cm³/mol. The molecule has 186 valence electrons. The number of tetrazole rings is 1. The van der Waals surface area contributed by atoms with Gasteiger partial charge in [-0.3, -0.25) is 4.79 Å². The van der Waals surface area contributed by atoms with Crippen molar-refractivity contribution in [2.24, 2.45) is 0 Å². The van der Waals surface area contributed by atoms with Crippen molar-refractivity contribution in [3.63, 3.8) is 0 Å². The van der Waals surface area contributed by atoms with Gasteiger partial charge < -0.3 is 10.1 Å². The van der Waals surface area contributed by atoms with E-state index >= 15 is 0 Å². The van der Waals surface area contributed by atoms with Crippen molar-refractivity contribution in [3.05, 3.63) is 64.3 Å². The molecule has 0 saturated carbocycles. The van der Waals surface area contributed by atoms with Crippen molar-refractivity contribution in [2.45, 2.75) is 58.7 Å². The van der Waals surface area contributed by atoms with Crippen molar-refractivity contribution >= 4 is 28.2 Å². The van der Waals surface area contributed by atoms with Crippen LogP contribution in [0.5, 0.6) is 0 Å². The second-order valence-corrected chi connectivity index (χ2v) is 9.83. The molecule has 4 aromatic rings. The SMILES string of the molecule is CCC(C)OC(=O)c1c(NC(=O)c2ccn(Cn3nnc(-c4ccccc4)n3)n2)sc2c1CCCC2. The van der Waals surface area contributed by atoms with Crippen molar-refractivity contribution in [1.29, 1.82) is 0 Å². The van der Waals surface area contributed by atoms with Gasteiger partial charge >= 0.3 is 5.97 Å². The first-order valence-electron chi connectivity index (χ1n) is 12.1. The smallest absolute Gasteiger partial charge is 0.341 e. The van der Waals surface area contributed by atoms with E-state index in [9.17, 15) is 9.59 Å². The second-order valence-electron chi connectivity index (χ2n) is 8.73. The quantitative estimate of drug-likeness (QED) is 0.357. The Bertz CT molecular complexity index is 1380. The maximum absolute atomic E-state index is 13.1. The minimum Gasteiger partial charge on any atom is -0.459 e. The summed E-state index contributed by atoms with van der Waals surface area (Å²) in [6, 6.07) is 11.2. The first kappa shape index (κ1) is 23.9. The summed E-state index contributed by atoms with van der Waals surface area (Å²) in [5.74, 6) is -0.253. The summed E-state index contributed by atoms with van der Waals surface area (Å²) in [5.41, 5.74) is 2.59. The fourth-order valence-corrected chi connectivity index (χ4v) is 5.33. The maximum Gasteiger partial charge on any atom is 0.341 e. The Labute approximate surface area is 212 Å². The highest BCUT2D eigenvalue weighted by Crippen LogP contribution is 2.39. The number of hydrogen-bond donors (Lipinski definition) is 1. The van der Waals surface area contributed by atoms with Crippen LogP contribution in [0.3, 0.4) is 0 Å². The lowest BCUT2D eigenvalue weighted by molar-refractivity contribution is 0.0335. The fraction of sp³-hybridized carbons (Fsp3) is 0.360. The number of aryl methyl sites for hydroxylation is 1. The van der Waals surface area contributed by atoms with Gasteiger partial charge in [-0.15, -0.1) is 26.3 Å². The zero-order valence-electron chi connectivity index (χ0n) is 20.2. The molecule has 0 spiro atoms. The van der Waals surface area contributed by atoms with Crippen molar-refractivity contribution in [2.75, 3.05) is 5.32 Å². The Hall–Kier alpha value is -3.86. The molecule has 0 radical (unpaired) electrons. The van der Waals surface area contributed by atoms with Crippen LogP contribution in [-0.4, -0.2) is 48.0 Å². The summed E-state index contributed by atoms with van der Waals surface area (Å²) in [6.45, 7) is 4.04. The second kappa shape index (κ2) is 10.4. The summed E-state index contributed by atoms with van der Waals surface area (Å²) in [4.78, 5) is 28.6. The molecule has 1 aromatic carbocycles.